The molecular formula is C17H20ClN5O3. The highest BCUT2D eigenvalue weighted by Gasteiger charge is 2.12. The van der Waals surface area contributed by atoms with Crippen molar-refractivity contribution in [1.82, 2.24) is 20.2 Å². The van der Waals surface area contributed by atoms with Crippen LogP contribution in [-0.4, -0.2) is 61.0 Å². The van der Waals surface area contributed by atoms with Gasteiger partial charge in [0, 0.05) is 19.3 Å². The fourth-order valence-corrected chi connectivity index (χ4v) is 2.18. The van der Waals surface area contributed by atoms with E-state index in [4.69, 9.17) is 11.6 Å². The van der Waals surface area contributed by atoms with E-state index in [2.05, 4.69) is 25.3 Å². The Balaban J connectivity index is 2.13. The fourth-order valence-electron chi connectivity index (χ4n) is 2.02. The number of likely N-dealkylation sites (N-methyl/N-ethyl adjacent to an activating group) is 1. The quantitative estimate of drug-likeness (QED) is 0.712. The summed E-state index contributed by atoms with van der Waals surface area (Å²) in [5, 5.41) is 6.07. The maximum Gasteiger partial charge on any atom is 0.337 e. The molecule has 0 unspecified atom stereocenters. The van der Waals surface area contributed by atoms with Crippen molar-refractivity contribution < 1.29 is 14.3 Å². The molecule has 0 saturated carbocycles. The maximum atomic E-state index is 12.1. The first-order chi connectivity index (χ1) is 12.4. The number of aromatic nitrogens is 2. The van der Waals surface area contributed by atoms with Crippen molar-refractivity contribution in [1.29, 1.82) is 0 Å². The molecule has 9 heteroatoms. The Morgan fingerprint density at radius 2 is 2.04 bits per heavy atom. The first-order valence-electron chi connectivity index (χ1n) is 7.81. The number of esters is 1. The summed E-state index contributed by atoms with van der Waals surface area (Å²) in [4.78, 5) is 34.0. The number of rotatable bonds is 7. The summed E-state index contributed by atoms with van der Waals surface area (Å²) >= 11 is 6.14. The molecule has 8 nitrogen and oxygen atoms in total. The van der Waals surface area contributed by atoms with Gasteiger partial charge >= 0.3 is 5.97 Å². The van der Waals surface area contributed by atoms with Crippen molar-refractivity contribution in [2.24, 2.45) is 0 Å². The summed E-state index contributed by atoms with van der Waals surface area (Å²) in [6, 6.07) is 6.16. The molecular weight excluding hydrogens is 358 g/mol. The van der Waals surface area contributed by atoms with E-state index in [0.29, 0.717) is 22.8 Å². The van der Waals surface area contributed by atoms with Gasteiger partial charge in [0.2, 0.25) is 5.95 Å². The number of halogens is 1. The van der Waals surface area contributed by atoms with Gasteiger partial charge in [0.1, 0.15) is 5.69 Å². The predicted octanol–water partition coefficient (Wildman–Crippen LogP) is 1.95. The van der Waals surface area contributed by atoms with Gasteiger partial charge in [-0.15, -0.1) is 0 Å². The normalized spacial score (nSPS) is 10.5. The van der Waals surface area contributed by atoms with Crippen molar-refractivity contribution >= 4 is 35.1 Å². The number of hydrogen-bond acceptors (Lipinski definition) is 7. The minimum Gasteiger partial charge on any atom is -0.465 e. The lowest BCUT2D eigenvalue weighted by Gasteiger charge is -2.11. The lowest BCUT2D eigenvalue weighted by molar-refractivity contribution is 0.0600. The summed E-state index contributed by atoms with van der Waals surface area (Å²) in [5.41, 5.74) is 0.984. The number of carbonyl (C=O) groups is 2. The molecule has 0 bridgehead atoms. The van der Waals surface area contributed by atoms with Gasteiger partial charge in [0.15, 0.2) is 0 Å². The molecule has 2 N–H and O–H groups in total. The number of benzene rings is 1. The minimum atomic E-state index is -0.486. The fraction of sp³-hybridized carbons (Fsp3) is 0.294. The monoisotopic (exact) mass is 377 g/mol. The summed E-state index contributed by atoms with van der Waals surface area (Å²) in [7, 11) is 5.14. The Hall–Kier alpha value is -2.71. The Labute approximate surface area is 156 Å². The molecule has 0 fully saturated rings. The van der Waals surface area contributed by atoms with Crippen LogP contribution in [0.25, 0.3) is 0 Å². The van der Waals surface area contributed by atoms with Crippen LogP contribution < -0.4 is 10.6 Å². The van der Waals surface area contributed by atoms with E-state index in [0.717, 1.165) is 6.54 Å². The Bertz CT molecular complexity index is 798. The molecule has 1 amide bonds. The minimum absolute atomic E-state index is 0.189. The summed E-state index contributed by atoms with van der Waals surface area (Å²) < 4.78 is 4.69. The summed E-state index contributed by atoms with van der Waals surface area (Å²) in [5.74, 6) is -0.597. The van der Waals surface area contributed by atoms with Crippen LogP contribution >= 0.6 is 11.6 Å². The molecule has 1 aromatic carbocycles. The van der Waals surface area contributed by atoms with Crippen molar-refractivity contribution in [3.63, 3.8) is 0 Å². The zero-order valence-electron chi connectivity index (χ0n) is 14.7. The van der Waals surface area contributed by atoms with Gasteiger partial charge in [-0.05, 0) is 38.4 Å². The highest BCUT2D eigenvalue weighted by atomic mass is 35.5. The molecule has 0 radical (unpaired) electrons. The van der Waals surface area contributed by atoms with E-state index >= 15 is 0 Å². The number of ether oxygens (including phenoxy) is 1. The van der Waals surface area contributed by atoms with Crippen LogP contribution in [0.1, 0.15) is 20.8 Å². The van der Waals surface area contributed by atoms with E-state index in [1.54, 1.807) is 12.1 Å². The second-order valence-corrected chi connectivity index (χ2v) is 6.04. The highest BCUT2D eigenvalue weighted by Crippen LogP contribution is 2.25. The van der Waals surface area contributed by atoms with E-state index in [1.807, 2.05) is 19.0 Å². The standard InChI is InChI=1S/C17H20ClN5O3/c1-23(2)9-8-19-15(24)13-6-7-20-17(21-13)22-14-10-11(16(25)26-3)4-5-12(14)18/h4-7,10H,8-9H2,1-3H3,(H,19,24)(H,20,21,22). The number of methoxy groups -OCH3 is 1. The SMILES string of the molecule is COC(=O)c1ccc(Cl)c(Nc2nccc(C(=O)NCCN(C)C)n2)c1. The predicted molar refractivity (Wildman–Crippen MR) is 99.0 cm³/mol. The van der Waals surface area contributed by atoms with Crippen molar-refractivity contribution in [3.05, 3.63) is 46.7 Å². The van der Waals surface area contributed by atoms with Crippen LogP contribution in [0, 0.1) is 0 Å². The number of nitrogens with one attached hydrogen (secondary N) is 2. The second-order valence-electron chi connectivity index (χ2n) is 5.64. The van der Waals surface area contributed by atoms with Gasteiger partial charge in [0.25, 0.3) is 5.91 Å². The molecule has 0 saturated heterocycles. The van der Waals surface area contributed by atoms with Crippen LogP contribution in [0.4, 0.5) is 11.6 Å². The third-order valence-electron chi connectivity index (χ3n) is 3.37. The largest absolute Gasteiger partial charge is 0.465 e. The van der Waals surface area contributed by atoms with Gasteiger partial charge < -0.3 is 20.3 Å². The van der Waals surface area contributed by atoms with Crippen molar-refractivity contribution in [2.45, 2.75) is 0 Å². The molecule has 0 aliphatic rings. The van der Waals surface area contributed by atoms with Crippen LogP contribution in [0.15, 0.2) is 30.5 Å². The smallest absolute Gasteiger partial charge is 0.337 e. The van der Waals surface area contributed by atoms with Crippen LogP contribution in [0.5, 0.6) is 0 Å². The molecule has 0 spiro atoms. The third-order valence-corrected chi connectivity index (χ3v) is 3.70. The molecule has 2 aromatic rings. The van der Waals surface area contributed by atoms with Gasteiger partial charge in [-0.3, -0.25) is 4.79 Å². The average Bonchev–Trinajstić information content (AvgIpc) is 2.62. The highest BCUT2D eigenvalue weighted by molar-refractivity contribution is 6.33. The lowest BCUT2D eigenvalue weighted by Crippen LogP contribution is -2.31. The molecule has 0 aliphatic heterocycles. The lowest BCUT2D eigenvalue weighted by atomic mass is 10.2. The average molecular weight is 378 g/mol. The van der Waals surface area contributed by atoms with E-state index < -0.39 is 5.97 Å². The zero-order valence-corrected chi connectivity index (χ0v) is 15.5. The number of hydrogen-bond donors (Lipinski definition) is 2. The van der Waals surface area contributed by atoms with Gasteiger partial charge in [-0.1, -0.05) is 11.6 Å². The molecule has 0 aliphatic carbocycles. The summed E-state index contributed by atoms with van der Waals surface area (Å²) in [6.45, 7) is 1.23. The van der Waals surface area contributed by atoms with Crippen LogP contribution in [-0.2, 0) is 4.74 Å². The van der Waals surface area contributed by atoms with E-state index in [1.165, 1.54) is 25.4 Å². The molecule has 1 aromatic heterocycles. The number of amides is 1. The maximum absolute atomic E-state index is 12.1. The van der Waals surface area contributed by atoms with Gasteiger partial charge in [-0.25, -0.2) is 14.8 Å². The molecule has 1 heterocycles. The topological polar surface area (TPSA) is 96.4 Å². The van der Waals surface area contributed by atoms with Gasteiger partial charge in [0.05, 0.1) is 23.4 Å². The first kappa shape index (κ1) is 19.6. The number of anilines is 2. The zero-order chi connectivity index (χ0) is 19.1. The Morgan fingerprint density at radius 1 is 1.27 bits per heavy atom. The van der Waals surface area contributed by atoms with Crippen molar-refractivity contribution in [2.75, 3.05) is 39.6 Å². The van der Waals surface area contributed by atoms with Crippen LogP contribution in [0.3, 0.4) is 0 Å². The number of nitrogens with zero attached hydrogens (tertiary/aromatic N) is 3. The number of carbonyl (C=O) groups excluding carboxylic acids is 2. The van der Waals surface area contributed by atoms with E-state index in [-0.39, 0.29) is 17.5 Å². The molecule has 2 rings (SSSR count). The van der Waals surface area contributed by atoms with E-state index in [9.17, 15) is 9.59 Å². The van der Waals surface area contributed by atoms with Gasteiger partial charge in [-0.2, -0.15) is 0 Å². The summed E-state index contributed by atoms with van der Waals surface area (Å²) in [6.07, 6.45) is 1.47. The Morgan fingerprint density at radius 3 is 2.73 bits per heavy atom. The molecule has 0 atom stereocenters. The third kappa shape index (κ3) is 5.40. The van der Waals surface area contributed by atoms with Crippen LogP contribution in [0.2, 0.25) is 5.02 Å². The first-order valence-corrected chi connectivity index (χ1v) is 8.19. The van der Waals surface area contributed by atoms with Crippen molar-refractivity contribution in [3.8, 4) is 0 Å². The molecule has 26 heavy (non-hydrogen) atoms. The Kier molecular flexibility index (Phi) is 6.88. The molecule has 138 valence electrons. The second kappa shape index (κ2) is 9.12.